The van der Waals surface area contributed by atoms with E-state index in [1.54, 1.807) is 0 Å². The predicted molar refractivity (Wildman–Crippen MR) is 60.9 cm³/mol. The average molecular weight is 287 g/mol. The van der Waals surface area contributed by atoms with Crippen molar-refractivity contribution in [3.63, 3.8) is 0 Å². The summed E-state index contributed by atoms with van der Waals surface area (Å²) in [6, 6.07) is 5.64. The highest BCUT2D eigenvalue weighted by Gasteiger charge is 2.58. The first-order valence-electron chi connectivity index (χ1n) is 5.35. The second kappa shape index (κ2) is 4.64. The molecular weight excluding hydrogens is 279 g/mol. The largest absolute Gasteiger partial charge is 0.466 e. The van der Waals surface area contributed by atoms with Crippen LogP contribution in [0, 0.1) is 10.1 Å². The van der Waals surface area contributed by atoms with E-state index in [0.717, 1.165) is 36.6 Å². The van der Waals surface area contributed by atoms with Gasteiger partial charge in [0.25, 0.3) is 5.69 Å². The normalized spacial score (nSPS) is 14.8. The van der Waals surface area contributed by atoms with Gasteiger partial charge in [-0.15, -0.1) is 0 Å². The van der Waals surface area contributed by atoms with Crippen LogP contribution < -0.4 is 0 Å². The van der Waals surface area contributed by atoms with Crippen LogP contribution >= 0.6 is 0 Å². The number of nitrogens with zero attached hydrogens (tertiary/aromatic N) is 1. The Balaban J connectivity index is 2.56. The number of rotatable bonds is 3. The summed E-state index contributed by atoms with van der Waals surface area (Å²) >= 11 is 0. The smallest absolute Gasteiger partial charge is 0.428 e. The van der Waals surface area contributed by atoms with Gasteiger partial charge in [0.1, 0.15) is 5.76 Å². The lowest BCUT2D eigenvalue weighted by molar-refractivity contribution is -0.384. The number of halogens is 3. The number of hydrogen-bond acceptors (Lipinski definition) is 4. The molecule has 1 heterocycles. The molecule has 106 valence electrons. The summed E-state index contributed by atoms with van der Waals surface area (Å²) < 4.78 is 44.2. The SMILES string of the molecule is O=[N+]([O-])c1ccc(C(O)(c2ccco2)C(F)(F)F)cc1. The average Bonchev–Trinajstić information content (AvgIpc) is 2.90. The van der Waals surface area contributed by atoms with Crippen LogP contribution in [0.25, 0.3) is 0 Å². The molecule has 2 aromatic rings. The molecule has 0 bridgehead atoms. The third-order valence-corrected chi connectivity index (χ3v) is 2.78. The van der Waals surface area contributed by atoms with Gasteiger partial charge >= 0.3 is 6.18 Å². The number of alkyl halides is 3. The van der Waals surface area contributed by atoms with Crippen molar-refractivity contribution in [3.8, 4) is 0 Å². The van der Waals surface area contributed by atoms with E-state index >= 15 is 0 Å². The first-order chi connectivity index (χ1) is 9.26. The molecule has 0 spiro atoms. The van der Waals surface area contributed by atoms with E-state index in [2.05, 4.69) is 4.42 Å². The van der Waals surface area contributed by atoms with Crippen LogP contribution in [-0.2, 0) is 5.60 Å². The van der Waals surface area contributed by atoms with Gasteiger partial charge in [0, 0.05) is 17.7 Å². The van der Waals surface area contributed by atoms with Gasteiger partial charge in [0.2, 0.25) is 5.60 Å². The minimum atomic E-state index is -5.04. The minimum Gasteiger partial charge on any atom is -0.466 e. The van der Waals surface area contributed by atoms with Gasteiger partial charge in [-0.2, -0.15) is 13.2 Å². The van der Waals surface area contributed by atoms with Gasteiger partial charge in [0.15, 0.2) is 0 Å². The first-order valence-corrected chi connectivity index (χ1v) is 5.35. The van der Waals surface area contributed by atoms with Gasteiger partial charge in [-0.25, -0.2) is 0 Å². The van der Waals surface area contributed by atoms with Crippen molar-refractivity contribution in [3.05, 3.63) is 64.1 Å². The maximum atomic E-state index is 13.2. The van der Waals surface area contributed by atoms with Gasteiger partial charge in [-0.3, -0.25) is 10.1 Å². The molecule has 2 rings (SSSR count). The first kappa shape index (κ1) is 14.1. The summed E-state index contributed by atoms with van der Waals surface area (Å²) in [7, 11) is 0. The topological polar surface area (TPSA) is 76.5 Å². The molecule has 8 heteroatoms. The fraction of sp³-hybridized carbons (Fsp3) is 0.167. The van der Waals surface area contributed by atoms with Crippen molar-refractivity contribution in [1.82, 2.24) is 0 Å². The lowest BCUT2D eigenvalue weighted by atomic mass is 9.90. The van der Waals surface area contributed by atoms with Crippen LogP contribution in [0.15, 0.2) is 47.1 Å². The minimum absolute atomic E-state index is 0.377. The second-order valence-corrected chi connectivity index (χ2v) is 3.99. The van der Waals surface area contributed by atoms with E-state index in [4.69, 9.17) is 0 Å². The number of non-ortho nitro benzene ring substituents is 1. The number of aliphatic hydroxyl groups is 1. The number of benzene rings is 1. The highest BCUT2D eigenvalue weighted by atomic mass is 19.4. The predicted octanol–water partition coefficient (Wildman–Crippen LogP) is 2.99. The number of furan rings is 1. The highest BCUT2D eigenvalue weighted by Crippen LogP contribution is 2.44. The van der Waals surface area contributed by atoms with Crippen molar-refractivity contribution in [2.24, 2.45) is 0 Å². The lowest BCUT2D eigenvalue weighted by Gasteiger charge is -2.28. The van der Waals surface area contributed by atoms with Crippen molar-refractivity contribution in [1.29, 1.82) is 0 Å². The quantitative estimate of drug-likeness (QED) is 0.695. The van der Waals surface area contributed by atoms with Crippen LogP contribution in [0.2, 0.25) is 0 Å². The molecule has 20 heavy (non-hydrogen) atoms. The van der Waals surface area contributed by atoms with Crippen LogP contribution in [0.1, 0.15) is 11.3 Å². The molecule has 0 aliphatic heterocycles. The van der Waals surface area contributed by atoms with Gasteiger partial charge in [0.05, 0.1) is 11.2 Å². The Kier molecular flexibility index (Phi) is 3.26. The monoisotopic (exact) mass is 287 g/mol. The summed E-state index contributed by atoms with van der Waals surface area (Å²) in [5, 5.41) is 20.5. The Bertz CT molecular complexity index is 607. The molecule has 1 atom stereocenters. The molecule has 0 aliphatic carbocycles. The summed E-state index contributed by atoms with van der Waals surface area (Å²) in [6.07, 6.45) is -4.04. The molecule has 0 fully saturated rings. The van der Waals surface area contributed by atoms with Gasteiger partial charge < -0.3 is 9.52 Å². The molecular formula is C12H8F3NO4. The summed E-state index contributed by atoms with van der Waals surface area (Å²) in [5.74, 6) is -0.709. The molecule has 1 N–H and O–H groups in total. The van der Waals surface area contributed by atoms with E-state index in [1.165, 1.54) is 6.07 Å². The summed E-state index contributed by atoms with van der Waals surface area (Å²) in [4.78, 5) is 9.74. The molecule has 5 nitrogen and oxygen atoms in total. The van der Waals surface area contributed by atoms with Gasteiger partial charge in [-0.05, 0) is 24.3 Å². The van der Waals surface area contributed by atoms with E-state index in [9.17, 15) is 28.4 Å². The standard InChI is InChI=1S/C12H8F3NO4/c13-12(14,15)11(17,10-2-1-7-20-10)8-3-5-9(6-4-8)16(18)19/h1-7,17H. The van der Waals surface area contributed by atoms with E-state index in [-0.39, 0.29) is 5.69 Å². The molecule has 0 aliphatic rings. The van der Waals surface area contributed by atoms with E-state index in [0.29, 0.717) is 0 Å². The van der Waals surface area contributed by atoms with Crippen molar-refractivity contribution < 1.29 is 27.6 Å². The van der Waals surface area contributed by atoms with Crippen LogP contribution in [-0.4, -0.2) is 16.2 Å². The van der Waals surface area contributed by atoms with Crippen LogP contribution in [0.5, 0.6) is 0 Å². The maximum Gasteiger partial charge on any atom is 0.428 e. The molecule has 0 saturated heterocycles. The molecule has 0 amide bonds. The zero-order chi connectivity index (χ0) is 15.0. The molecule has 1 aromatic heterocycles. The molecule has 1 unspecified atom stereocenters. The third-order valence-electron chi connectivity index (χ3n) is 2.78. The zero-order valence-corrected chi connectivity index (χ0v) is 9.79. The van der Waals surface area contributed by atoms with Crippen molar-refractivity contribution in [2.75, 3.05) is 0 Å². The van der Waals surface area contributed by atoms with Gasteiger partial charge in [-0.1, -0.05) is 0 Å². The number of nitro groups is 1. The van der Waals surface area contributed by atoms with Crippen LogP contribution in [0.3, 0.4) is 0 Å². The number of nitro benzene ring substituents is 1. The molecule has 0 saturated carbocycles. The Morgan fingerprint density at radius 1 is 1.15 bits per heavy atom. The van der Waals surface area contributed by atoms with Crippen LogP contribution in [0.4, 0.5) is 18.9 Å². The fourth-order valence-electron chi connectivity index (χ4n) is 1.75. The molecule has 0 radical (unpaired) electrons. The lowest BCUT2D eigenvalue weighted by Crippen LogP contribution is -2.43. The Morgan fingerprint density at radius 2 is 1.75 bits per heavy atom. The summed E-state index contributed by atoms with van der Waals surface area (Å²) in [6.45, 7) is 0. The second-order valence-electron chi connectivity index (χ2n) is 3.99. The zero-order valence-electron chi connectivity index (χ0n) is 9.79. The fourth-order valence-corrected chi connectivity index (χ4v) is 1.75. The van der Waals surface area contributed by atoms with Crippen molar-refractivity contribution >= 4 is 5.69 Å². The Labute approximate surface area is 110 Å². The molecule has 1 aromatic carbocycles. The summed E-state index contributed by atoms with van der Waals surface area (Å²) in [5.41, 5.74) is -4.30. The van der Waals surface area contributed by atoms with E-state index in [1.807, 2.05) is 0 Å². The number of hydrogen-bond donors (Lipinski definition) is 1. The van der Waals surface area contributed by atoms with Crippen molar-refractivity contribution in [2.45, 2.75) is 11.8 Å². The van der Waals surface area contributed by atoms with E-state index < -0.39 is 28.0 Å². The Hall–Kier alpha value is -2.35. The maximum absolute atomic E-state index is 13.2. The highest BCUT2D eigenvalue weighted by molar-refractivity contribution is 5.39. The Morgan fingerprint density at radius 3 is 2.15 bits per heavy atom. The third kappa shape index (κ3) is 2.14.